The first-order chi connectivity index (χ1) is 14.1. The number of fused-ring (bicyclic) bond motifs is 1. The predicted octanol–water partition coefficient (Wildman–Crippen LogP) is 3.27. The molecule has 1 aliphatic heterocycles. The minimum Gasteiger partial charge on any atom is -0.480 e. The van der Waals surface area contributed by atoms with E-state index in [4.69, 9.17) is 5.11 Å². The second-order valence-corrected chi connectivity index (χ2v) is 7.09. The number of benzene rings is 2. The van der Waals surface area contributed by atoms with Crippen molar-refractivity contribution in [2.75, 3.05) is 0 Å². The number of halogens is 3. The maximum Gasteiger partial charge on any atom is 0.417 e. The van der Waals surface area contributed by atoms with Crippen LogP contribution in [0.25, 0.3) is 22.0 Å². The molecule has 2 atom stereocenters. The molecule has 30 heavy (non-hydrogen) atoms. The Kier molecular flexibility index (Phi) is 4.60. The summed E-state index contributed by atoms with van der Waals surface area (Å²) in [6, 6.07) is 9.99. The standard InChI is InChI=1S/C21H15F3N2O4/c22-21(23,24)15-4-2-1-3-12(15)16-8-11-6-5-10(7-13(11)18(27)25-16)14-9-17(20(29)30)26-19(14)28/h1-8,14,17H,9H2,(H,25,27)(H,26,28)(H,29,30). The molecule has 0 saturated carbocycles. The molecule has 9 heteroatoms. The van der Waals surface area contributed by atoms with Gasteiger partial charge < -0.3 is 15.4 Å². The molecule has 1 aromatic heterocycles. The molecule has 0 radical (unpaired) electrons. The van der Waals surface area contributed by atoms with Crippen molar-refractivity contribution >= 4 is 22.6 Å². The molecule has 0 bridgehead atoms. The minimum absolute atomic E-state index is 0.0257. The van der Waals surface area contributed by atoms with Crippen LogP contribution >= 0.6 is 0 Å². The molecule has 1 saturated heterocycles. The zero-order valence-corrected chi connectivity index (χ0v) is 15.3. The summed E-state index contributed by atoms with van der Waals surface area (Å²) in [4.78, 5) is 38.3. The highest BCUT2D eigenvalue weighted by atomic mass is 19.4. The van der Waals surface area contributed by atoms with Crippen LogP contribution in [0.2, 0.25) is 0 Å². The van der Waals surface area contributed by atoms with Gasteiger partial charge in [0.1, 0.15) is 6.04 Å². The predicted molar refractivity (Wildman–Crippen MR) is 102 cm³/mol. The summed E-state index contributed by atoms with van der Waals surface area (Å²) in [6.07, 6.45) is -4.53. The third kappa shape index (κ3) is 3.42. The topological polar surface area (TPSA) is 99.3 Å². The van der Waals surface area contributed by atoms with E-state index < -0.39 is 41.1 Å². The van der Waals surface area contributed by atoms with Gasteiger partial charge >= 0.3 is 12.1 Å². The van der Waals surface area contributed by atoms with Crippen molar-refractivity contribution in [1.82, 2.24) is 10.3 Å². The van der Waals surface area contributed by atoms with Gasteiger partial charge in [-0.2, -0.15) is 13.2 Å². The van der Waals surface area contributed by atoms with Crippen molar-refractivity contribution in [3.63, 3.8) is 0 Å². The molecule has 2 unspecified atom stereocenters. The van der Waals surface area contributed by atoms with Crippen LogP contribution in [0.5, 0.6) is 0 Å². The third-order valence-corrected chi connectivity index (χ3v) is 5.20. The summed E-state index contributed by atoms with van der Waals surface area (Å²) in [5, 5.41) is 12.1. The number of carboxylic acids is 1. The Hall–Kier alpha value is -3.62. The van der Waals surface area contributed by atoms with Crippen molar-refractivity contribution < 1.29 is 27.9 Å². The van der Waals surface area contributed by atoms with Gasteiger partial charge in [0.15, 0.2) is 0 Å². The number of rotatable bonds is 3. The fourth-order valence-electron chi connectivity index (χ4n) is 3.73. The molecular formula is C21H15F3N2O4. The van der Waals surface area contributed by atoms with E-state index in [-0.39, 0.29) is 23.1 Å². The number of hydrogen-bond donors (Lipinski definition) is 3. The molecule has 0 aliphatic carbocycles. The summed E-state index contributed by atoms with van der Waals surface area (Å²) < 4.78 is 40.0. The molecule has 3 aromatic rings. The molecule has 1 fully saturated rings. The normalized spacial score (nSPS) is 19.1. The first-order valence-corrected chi connectivity index (χ1v) is 9.02. The SMILES string of the molecule is O=C(O)C1CC(c2ccc3cc(-c4ccccc4C(F)(F)F)[nH]c(=O)c3c2)C(=O)N1. The Bertz CT molecular complexity index is 1230. The highest BCUT2D eigenvalue weighted by molar-refractivity contribution is 5.94. The van der Waals surface area contributed by atoms with E-state index in [1.807, 2.05) is 0 Å². The number of pyridine rings is 1. The number of carbonyl (C=O) groups excluding carboxylic acids is 1. The van der Waals surface area contributed by atoms with Crippen molar-refractivity contribution in [1.29, 1.82) is 0 Å². The fourth-order valence-corrected chi connectivity index (χ4v) is 3.73. The molecule has 3 N–H and O–H groups in total. The van der Waals surface area contributed by atoms with E-state index in [0.29, 0.717) is 10.9 Å². The van der Waals surface area contributed by atoms with Crippen LogP contribution < -0.4 is 10.9 Å². The fraction of sp³-hybridized carbons (Fsp3) is 0.190. The smallest absolute Gasteiger partial charge is 0.417 e. The van der Waals surface area contributed by atoms with Gasteiger partial charge in [0.2, 0.25) is 5.91 Å². The lowest BCUT2D eigenvalue weighted by Gasteiger charge is -2.13. The van der Waals surface area contributed by atoms with E-state index in [9.17, 15) is 27.6 Å². The largest absolute Gasteiger partial charge is 0.480 e. The zero-order valence-electron chi connectivity index (χ0n) is 15.3. The Balaban J connectivity index is 1.78. The van der Waals surface area contributed by atoms with E-state index in [2.05, 4.69) is 10.3 Å². The van der Waals surface area contributed by atoms with Crippen LogP contribution in [0.15, 0.2) is 53.3 Å². The van der Waals surface area contributed by atoms with E-state index >= 15 is 0 Å². The molecule has 6 nitrogen and oxygen atoms in total. The third-order valence-electron chi connectivity index (χ3n) is 5.20. The Morgan fingerprint density at radius 2 is 1.80 bits per heavy atom. The number of H-pyrrole nitrogens is 1. The van der Waals surface area contributed by atoms with Crippen LogP contribution in [-0.4, -0.2) is 28.0 Å². The van der Waals surface area contributed by atoms with Gasteiger partial charge in [-0.3, -0.25) is 9.59 Å². The number of nitrogens with one attached hydrogen (secondary N) is 2. The van der Waals surface area contributed by atoms with Gasteiger partial charge in [0.25, 0.3) is 5.56 Å². The lowest BCUT2D eigenvalue weighted by molar-refractivity contribution is -0.140. The second-order valence-electron chi connectivity index (χ2n) is 7.09. The average molecular weight is 416 g/mol. The van der Waals surface area contributed by atoms with Gasteiger partial charge in [0, 0.05) is 16.6 Å². The summed E-state index contributed by atoms with van der Waals surface area (Å²) in [5.74, 6) is -2.31. The molecule has 1 aliphatic rings. The summed E-state index contributed by atoms with van der Waals surface area (Å²) in [5.41, 5.74) is -1.11. The highest BCUT2D eigenvalue weighted by Gasteiger charge is 2.37. The summed E-state index contributed by atoms with van der Waals surface area (Å²) in [6.45, 7) is 0. The average Bonchev–Trinajstić information content (AvgIpc) is 3.09. The van der Waals surface area contributed by atoms with E-state index in [1.165, 1.54) is 30.3 Å². The van der Waals surface area contributed by atoms with Gasteiger partial charge in [0.05, 0.1) is 11.5 Å². The van der Waals surface area contributed by atoms with Crippen molar-refractivity contribution in [2.24, 2.45) is 0 Å². The van der Waals surface area contributed by atoms with Crippen LogP contribution in [-0.2, 0) is 15.8 Å². The molecular weight excluding hydrogens is 401 g/mol. The number of hydrogen-bond acceptors (Lipinski definition) is 3. The van der Waals surface area contributed by atoms with Crippen LogP contribution in [0.1, 0.15) is 23.5 Å². The Morgan fingerprint density at radius 3 is 2.47 bits per heavy atom. The van der Waals surface area contributed by atoms with Crippen molar-refractivity contribution in [3.8, 4) is 11.3 Å². The molecule has 2 heterocycles. The summed E-state index contributed by atoms with van der Waals surface area (Å²) >= 11 is 0. The first-order valence-electron chi connectivity index (χ1n) is 9.02. The molecule has 154 valence electrons. The molecule has 0 spiro atoms. The maximum atomic E-state index is 13.3. The molecule has 4 rings (SSSR count). The Labute approximate surface area is 167 Å². The number of carboxylic acid groups (broad SMARTS) is 1. The quantitative estimate of drug-likeness (QED) is 0.610. The number of amides is 1. The second kappa shape index (κ2) is 7.01. The number of alkyl halides is 3. The lowest BCUT2D eigenvalue weighted by atomic mass is 9.93. The minimum atomic E-state index is -4.58. The number of aromatic amines is 1. The lowest BCUT2D eigenvalue weighted by Crippen LogP contribution is -2.32. The molecule has 1 amide bonds. The van der Waals surface area contributed by atoms with Crippen LogP contribution in [0, 0.1) is 0 Å². The van der Waals surface area contributed by atoms with Gasteiger partial charge in [-0.25, -0.2) is 4.79 Å². The van der Waals surface area contributed by atoms with Gasteiger partial charge in [-0.15, -0.1) is 0 Å². The van der Waals surface area contributed by atoms with Gasteiger partial charge in [-0.1, -0.05) is 30.3 Å². The maximum absolute atomic E-state index is 13.3. The monoisotopic (exact) mass is 416 g/mol. The zero-order chi connectivity index (χ0) is 21.6. The highest BCUT2D eigenvalue weighted by Crippen LogP contribution is 2.37. The summed E-state index contributed by atoms with van der Waals surface area (Å²) in [7, 11) is 0. The Morgan fingerprint density at radius 1 is 1.07 bits per heavy atom. The first kappa shape index (κ1) is 19.7. The van der Waals surface area contributed by atoms with Gasteiger partial charge in [-0.05, 0) is 35.6 Å². The van der Waals surface area contributed by atoms with Crippen molar-refractivity contribution in [3.05, 3.63) is 70.0 Å². The van der Waals surface area contributed by atoms with E-state index in [0.717, 1.165) is 6.07 Å². The van der Waals surface area contributed by atoms with Crippen LogP contribution in [0.3, 0.4) is 0 Å². The number of aliphatic carboxylic acids is 1. The van der Waals surface area contributed by atoms with E-state index in [1.54, 1.807) is 12.1 Å². The number of aromatic nitrogens is 1. The molecule has 2 aromatic carbocycles. The van der Waals surface area contributed by atoms with Crippen LogP contribution in [0.4, 0.5) is 13.2 Å². The van der Waals surface area contributed by atoms with Crippen molar-refractivity contribution in [2.45, 2.75) is 24.6 Å². The number of carbonyl (C=O) groups is 2.